The molecule has 0 aliphatic carbocycles. The molecule has 1 fully saturated rings. The Balaban J connectivity index is 1.36. The van der Waals surface area contributed by atoms with Crippen molar-refractivity contribution < 1.29 is 9.84 Å². The highest BCUT2D eigenvalue weighted by Gasteiger charge is 2.17. The number of aliphatic hydroxyl groups excluding tert-OH is 1. The third kappa shape index (κ3) is 6.76. The summed E-state index contributed by atoms with van der Waals surface area (Å²) in [6.07, 6.45) is -0.472. The monoisotopic (exact) mass is 403 g/mol. The first-order chi connectivity index (χ1) is 13.6. The molecule has 2 aromatic carbocycles. The molecule has 0 bridgehead atoms. The number of hydrogen-bond acceptors (Lipinski definition) is 5. The topological polar surface area (TPSA) is 48.0 Å². The summed E-state index contributed by atoms with van der Waals surface area (Å²) in [6.45, 7) is 6.59. The molecule has 0 spiro atoms. The van der Waals surface area contributed by atoms with Gasteiger partial charge in [0, 0.05) is 50.8 Å². The molecule has 152 valence electrons. The van der Waals surface area contributed by atoms with E-state index in [1.54, 1.807) is 0 Å². The molecule has 0 saturated carbocycles. The fraction of sp³-hybridized carbons (Fsp3) is 0.455. The van der Waals surface area contributed by atoms with Crippen LogP contribution < -0.4 is 10.1 Å². The molecule has 1 aliphatic heterocycles. The lowest BCUT2D eigenvalue weighted by molar-refractivity contribution is 0.0505. The van der Waals surface area contributed by atoms with Gasteiger partial charge in [-0.3, -0.25) is 4.90 Å². The molecule has 1 aliphatic rings. The molecular weight excluding hydrogens is 374 g/mol. The Bertz CT molecular complexity index is 718. The van der Waals surface area contributed by atoms with Gasteiger partial charge in [-0.1, -0.05) is 41.9 Å². The predicted molar refractivity (Wildman–Crippen MR) is 114 cm³/mol. The van der Waals surface area contributed by atoms with Gasteiger partial charge in [-0.25, -0.2) is 0 Å². The summed E-state index contributed by atoms with van der Waals surface area (Å²) in [6, 6.07) is 15.9. The second kappa shape index (κ2) is 10.8. The summed E-state index contributed by atoms with van der Waals surface area (Å²) >= 11 is 6.17. The molecule has 28 heavy (non-hydrogen) atoms. The van der Waals surface area contributed by atoms with E-state index in [1.807, 2.05) is 48.5 Å². The van der Waals surface area contributed by atoms with Crippen molar-refractivity contribution in [2.24, 2.45) is 0 Å². The Morgan fingerprint density at radius 1 is 1.04 bits per heavy atom. The molecule has 2 N–H and O–H groups in total. The van der Waals surface area contributed by atoms with Crippen molar-refractivity contribution in [1.82, 2.24) is 15.1 Å². The average Bonchev–Trinajstić information content (AvgIpc) is 2.71. The quantitative estimate of drug-likeness (QED) is 0.674. The van der Waals surface area contributed by atoms with Crippen LogP contribution >= 0.6 is 11.6 Å². The lowest BCUT2D eigenvalue weighted by Gasteiger charge is -2.33. The lowest BCUT2D eigenvalue weighted by atomic mass is 10.2. The van der Waals surface area contributed by atoms with Gasteiger partial charge >= 0.3 is 0 Å². The molecule has 0 amide bonds. The molecule has 1 saturated heterocycles. The van der Waals surface area contributed by atoms with Crippen LogP contribution in [0.4, 0.5) is 0 Å². The van der Waals surface area contributed by atoms with Crippen molar-refractivity contribution in [1.29, 1.82) is 0 Å². The number of likely N-dealkylation sites (N-methyl/N-ethyl adjacent to an activating group) is 1. The number of rotatable bonds is 9. The van der Waals surface area contributed by atoms with Crippen molar-refractivity contribution in [3.63, 3.8) is 0 Å². The highest BCUT2D eigenvalue weighted by molar-refractivity contribution is 6.31. The van der Waals surface area contributed by atoms with Crippen LogP contribution in [-0.4, -0.2) is 67.4 Å². The van der Waals surface area contributed by atoms with Gasteiger partial charge in [0.2, 0.25) is 0 Å². The smallest absolute Gasteiger partial charge is 0.119 e. The molecule has 0 unspecified atom stereocenters. The summed E-state index contributed by atoms with van der Waals surface area (Å²) in [5.74, 6) is 0.785. The second-order valence-electron chi connectivity index (χ2n) is 7.41. The molecule has 2 aromatic rings. The van der Waals surface area contributed by atoms with Crippen LogP contribution in [0.2, 0.25) is 5.02 Å². The maximum Gasteiger partial charge on any atom is 0.119 e. The standard InChI is InChI=1S/C22H30ClN3O2/c1-25-10-12-26(13-11-25)16-20(27)17-28-21-8-6-18(7-9-21)14-24-15-19-4-2-3-5-22(19)23/h2-9,20,24,27H,10-17H2,1H3/t20-/m1/s1. The first-order valence-electron chi connectivity index (χ1n) is 9.85. The van der Waals surface area contributed by atoms with E-state index >= 15 is 0 Å². The normalized spacial score (nSPS) is 16.8. The van der Waals surface area contributed by atoms with Crippen LogP contribution in [0.3, 0.4) is 0 Å². The van der Waals surface area contributed by atoms with E-state index in [0.717, 1.165) is 55.6 Å². The number of benzene rings is 2. The van der Waals surface area contributed by atoms with Crippen molar-refractivity contribution >= 4 is 11.6 Å². The molecule has 3 rings (SSSR count). The van der Waals surface area contributed by atoms with Crippen LogP contribution in [0.15, 0.2) is 48.5 Å². The Kier molecular flexibility index (Phi) is 8.13. The third-order valence-electron chi connectivity index (χ3n) is 5.03. The lowest BCUT2D eigenvalue weighted by Crippen LogP contribution is -2.47. The first kappa shape index (κ1) is 21.1. The van der Waals surface area contributed by atoms with E-state index in [4.69, 9.17) is 16.3 Å². The van der Waals surface area contributed by atoms with Crippen LogP contribution in [-0.2, 0) is 13.1 Å². The van der Waals surface area contributed by atoms with Crippen LogP contribution in [0.5, 0.6) is 5.75 Å². The summed E-state index contributed by atoms with van der Waals surface area (Å²) in [7, 11) is 2.13. The number of nitrogens with zero attached hydrogens (tertiary/aromatic N) is 2. The number of hydrogen-bond donors (Lipinski definition) is 2. The van der Waals surface area contributed by atoms with Crippen molar-refractivity contribution in [2.45, 2.75) is 19.2 Å². The minimum Gasteiger partial charge on any atom is -0.491 e. The highest BCUT2D eigenvalue weighted by atomic mass is 35.5. The fourth-order valence-electron chi connectivity index (χ4n) is 3.26. The van der Waals surface area contributed by atoms with Crippen LogP contribution in [0.1, 0.15) is 11.1 Å². The van der Waals surface area contributed by atoms with Gasteiger partial charge in [0.25, 0.3) is 0 Å². The van der Waals surface area contributed by atoms with E-state index in [9.17, 15) is 5.11 Å². The van der Waals surface area contributed by atoms with Gasteiger partial charge in [0.05, 0.1) is 0 Å². The molecule has 6 heteroatoms. The van der Waals surface area contributed by atoms with Crippen LogP contribution in [0.25, 0.3) is 0 Å². The Labute approximate surface area is 172 Å². The molecule has 1 heterocycles. The van der Waals surface area contributed by atoms with E-state index in [2.05, 4.69) is 22.2 Å². The SMILES string of the molecule is CN1CCN(C[C@@H](O)COc2ccc(CNCc3ccccc3Cl)cc2)CC1. The van der Waals surface area contributed by atoms with E-state index in [1.165, 1.54) is 5.56 Å². The van der Waals surface area contributed by atoms with Gasteiger partial charge in [0.15, 0.2) is 0 Å². The Morgan fingerprint density at radius 2 is 1.75 bits per heavy atom. The number of β-amino-alcohol motifs (C(OH)–C–C–N with tert-alkyl or cyclic N) is 1. The summed E-state index contributed by atoms with van der Waals surface area (Å²) in [5, 5.41) is 14.4. The zero-order valence-corrected chi connectivity index (χ0v) is 17.2. The number of halogens is 1. The summed E-state index contributed by atoms with van der Waals surface area (Å²) in [5.41, 5.74) is 2.27. The molecule has 0 radical (unpaired) electrons. The Hall–Kier alpha value is -1.63. The minimum absolute atomic E-state index is 0.316. The average molecular weight is 404 g/mol. The highest BCUT2D eigenvalue weighted by Crippen LogP contribution is 2.16. The minimum atomic E-state index is -0.472. The van der Waals surface area contributed by atoms with Crippen LogP contribution in [0, 0.1) is 0 Å². The van der Waals surface area contributed by atoms with Crippen molar-refractivity contribution in [3.8, 4) is 5.75 Å². The number of piperazine rings is 1. The second-order valence-corrected chi connectivity index (χ2v) is 7.81. The van der Waals surface area contributed by atoms with E-state index < -0.39 is 6.10 Å². The Morgan fingerprint density at radius 3 is 2.46 bits per heavy atom. The molecule has 1 atom stereocenters. The molecule has 5 nitrogen and oxygen atoms in total. The number of nitrogens with one attached hydrogen (secondary N) is 1. The predicted octanol–water partition coefficient (Wildman–Crippen LogP) is 2.62. The van der Waals surface area contributed by atoms with Gasteiger partial charge in [0.1, 0.15) is 18.5 Å². The van der Waals surface area contributed by atoms with Gasteiger partial charge in [-0.05, 0) is 36.4 Å². The maximum atomic E-state index is 10.2. The van der Waals surface area contributed by atoms with Crippen molar-refractivity contribution in [2.75, 3.05) is 46.4 Å². The largest absolute Gasteiger partial charge is 0.491 e. The summed E-state index contributed by atoms with van der Waals surface area (Å²) < 4.78 is 5.75. The van der Waals surface area contributed by atoms with E-state index in [0.29, 0.717) is 13.2 Å². The first-order valence-corrected chi connectivity index (χ1v) is 10.2. The molecule has 0 aromatic heterocycles. The zero-order chi connectivity index (χ0) is 19.8. The number of aliphatic hydroxyl groups is 1. The zero-order valence-electron chi connectivity index (χ0n) is 16.5. The van der Waals surface area contributed by atoms with E-state index in [-0.39, 0.29) is 0 Å². The van der Waals surface area contributed by atoms with Gasteiger partial charge in [-0.2, -0.15) is 0 Å². The van der Waals surface area contributed by atoms with Gasteiger partial charge in [-0.15, -0.1) is 0 Å². The fourth-order valence-corrected chi connectivity index (χ4v) is 3.46. The maximum absolute atomic E-state index is 10.2. The third-order valence-corrected chi connectivity index (χ3v) is 5.40. The number of ether oxygens (including phenoxy) is 1. The van der Waals surface area contributed by atoms with Gasteiger partial charge < -0.3 is 20.1 Å². The van der Waals surface area contributed by atoms with Crippen molar-refractivity contribution in [3.05, 3.63) is 64.7 Å². The molecular formula is C22H30ClN3O2. The summed E-state index contributed by atoms with van der Waals surface area (Å²) in [4.78, 5) is 4.60.